The molecule has 2 saturated heterocycles. The molecule has 3 aliphatic heterocycles. The summed E-state index contributed by atoms with van der Waals surface area (Å²) in [5.41, 5.74) is 1.30. The Bertz CT molecular complexity index is 858. The Morgan fingerprint density at radius 2 is 1.89 bits per heavy atom. The number of hydrogen-bond donors (Lipinski definition) is 3. The van der Waals surface area contributed by atoms with Crippen molar-refractivity contribution in [3.63, 3.8) is 0 Å². The minimum atomic E-state index is -0.971. The zero-order chi connectivity index (χ0) is 19.8. The first-order valence-corrected chi connectivity index (χ1v) is 9.36. The fraction of sp³-hybridized carbons (Fsp3) is 0.474. The van der Waals surface area contributed by atoms with Gasteiger partial charge >= 0.3 is 0 Å². The van der Waals surface area contributed by atoms with Crippen molar-refractivity contribution in [3.05, 3.63) is 34.9 Å². The van der Waals surface area contributed by atoms with E-state index in [2.05, 4.69) is 16.0 Å². The van der Waals surface area contributed by atoms with Gasteiger partial charge in [0.05, 0.1) is 11.1 Å². The summed E-state index contributed by atoms with van der Waals surface area (Å²) in [5.74, 6) is -2.08. The highest BCUT2D eigenvalue weighted by Crippen LogP contribution is 2.28. The van der Waals surface area contributed by atoms with Gasteiger partial charge in [-0.05, 0) is 30.5 Å². The number of piperidine rings is 2. The molecular weight excluding hydrogens is 367 g/mol. The first-order valence-electron chi connectivity index (χ1n) is 9.36. The lowest BCUT2D eigenvalue weighted by atomic mass is 10.0. The van der Waals surface area contributed by atoms with Crippen molar-refractivity contribution >= 4 is 23.6 Å². The molecule has 2 fully saturated rings. The van der Waals surface area contributed by atoms with Gasteiger partial charge in [-0.3, -0.25) is 29.4 Å². The number of amides is 4. The molecule has 0 aromatic heterocycles. The second kappa shape index (κ2) is 7.40. The molecule has 1 aromatic rings. The van der Waals surface area contributed by atoms with Gasteiger partial charge in [0.25, 0.3) is 11.8 Å². The molecule has 0 saturated carbocycles. The van der Waals surface area contributed by atoms with E-state index in [1.807, 2.05) is 0 Å². The Kier molecular flexibility index (Phi) is 4.94. The molecule has 0 spiro atoms. The van der Waals surface area contributed by atoms with Gasteiger partial charge in [0.15, 0.2) is 0 Å². The lowest BCUT2D eigenvalue weighted by molar-refractivity contribution is -0.136. The number of carbonyl (C=O) groups excluding carboxylic acids is 4. The van der Waals surface area contributed by atoms with E-state index in [1.54, 1.807) is 18.2 Å². The van der Waals surface area contributed by atoms with Crippen molar-refractivity contribution in [2.24, 2.45) is 0 Å². The molecule has 0 aliphatic carbocycles. The third-order valence-electron chi connectivity index (χ3n) is 5.40. The number of hydrogen-bond acceptors (Lipinski definition) is 6. The first-order chi connectivity index (χ1) is 13.4. The maximum atomic E-state index is 13.5. The average Bonchev–Trinajstić information content (AvgIpc) is 2.91. The van der Waals surface area contributed by atoms with E-state index in [0.717, 1.165) is 10.5 Å². The van der Waals surface area contributed by atoms with Crippen LogP contribution in [0.25, 0.3) is 0 Å². The standard InChI is InChI=1S/C19H21FN4O4/c20-11-6-12(9-21-8-11)22-7-10-1-2-13-14(5-10)19(28)24(18(13)27)15-3-4-16(25)23-17(15)26/h1-2,5,11-12,15,21-22H,3-4,6-9H2,(H,23,25,26)/t11-,12+,15?/m1/s1. The molecular formula is C19H21FN4O4. The van der Waals surface area contributed by atoms with Gasteiger partial charge in [-0.15, -0.1) is 0 Å². The van der Waals surface area contributed by atoms with Crippen molar-refractivity contribution < 1.29 is 23.6 Å². The number of nitrogens with zero attached hydrogens (tertiary/aromatic N) is 1. The van der Waals surface area contributed by atoms with Gasteiger partial charge in [0, 0.05) is 32.1 Å². The topological polar surface area (TPSA) is 108 Å². The van der Waals surface area contributed by atoms with Crippen LogP contribution in [-0.2, 0) is 16.1 Å². The Morgan fingerprint density at radius 3 is 2.64 bits per heavy atom. The Labute approximate surface area is 160 Å². The first kappa shape index (κ1) is 18.7. The van der Waals surface area contributed by atoms with Crippen LogP contribution in [0.4, 0.5) is 4.39 Å². The van der Waals surface area contributed by atoms with Gasteiger partial charge in [-0.1, -0.05) is 6.07 Å². The van der Waals surface area contributed by atoms with Crippen LogP contribution in [0.1, 0.15) is 45.5 Å². The third kappa shape index (κ3) is 3.43. The molecule has 148 valence electrons. The zero-order valence-electron chi connectivity index (χ0n) is 15.2. The van der Waals surface area contributed by atoms with E-state index >= 15 is 0 Å². The number of nitrogens with one attached hydrogen (secondary N) is 3. The molecule has 4 rings (SSSR count). The molecule has 4 amide bonds. The normalized spacial score (nSPS) is 27.8. The van der Waals surface area contributed by atoms with E-state index < -0.39 is 35.8 Å². The number of rotatable bonds is 4. The van der Waals surface area contributed by atoms with Crippen LogP contribution in [0.2, 0.25) is 0 Å². The summed E-state index contributed by atoms with van der Waals surface area (Å²) in [4.78, 5) is 49.8. The quantitative estimate of drug-likeness (QED) is 0.621. The van der Waals surface area contributed by atoms with Crippen molar-refractivity contribution in [3.8, 4) is 0 Å². The van der Waals surface area contributed by atoms with Crippen LogP contribution in [0.3, 0.4) is 0 Å². The monoisotopic (exact) mass is 388 g/mol. The molecule has 8 nitrogen and oxygen atoms in total. The lowest BCUT2D eigenvalue weighted by Crippen LogP contribution is -2.54. The summed E-state index contributed by atoms with van der Waals surface area (Å²) >= 11 is 0. The smallest absolute Gasteiger partial charge is 0.262 e. The van der Waals surface area contributed by atoms with Crippen molar-refractivity contribution in [2.75, 3.05) is 13.1 Å². The summed E-state index contributed by atoms with van der Waals surface area (Å²) in [6, 6.07) is 3.98. The molecule has 1 aromatic carbocycles. The summed E-state index contributed by atoms with van der Waals surface area (Å²) in [6.45, 7) is 1.47. The van der Waals surface area contributed by atoms with E-state index in [9.17, 15) is 23.6 Å². The maximum absolute atomic E-state index is 13.5. The molecule has 3 N–H and O–H groups in total. The van der Waals surface area contributed by atoms with Crippen LogP contribution < -0.4 is 16.0 Å². The second-order valence-corrected chi connectivity index (χ2v) is 7.40. The van der Waals surface area contributed by atoms with Crippen molar-refractivity contribution in [1.82, 2.24) is 20.9 Å². The van der Waals surface area contributed by atoms with Crippen LogP contribution in [-0.4, -0.2) is 59.9 Å². The number of benzene rings is 1. The molecule has 1 unspecified atom stereocenters. The van der Waals surface area contributed by atoms with Gasteiger partial charge in [0.2, 0.25) is 11.8 Å². The fourth-order valence-corrected chi connectivity index (χ4v) is 3.94. The van der Waals surface area contributed by atoms with E-state index in [0.29, 0.717) is 26.1 Å². The van der Waals surface area contributed by atoms with Crippen molar-refractivity contribution in [2.45, 2.75) is 44.1 Å². The molecule has 28 heavy (non-hydrogen) atoms. The number of fused-ring (bicyclic) bond motifs is 1. The summed E-state index contributed by atoms with van der Waals surface area (Å²) < 4.78 is 13.5. The average molecular weight is 388 g/mol. The predicted molar refractivity (Wildman–Crippen MR) is 96.1 cm³/mol. The number of alkyl halides is 1. The van der Waals surface area contributed by atoms with Crippen LogP contribution >= 0.6 is 0 Å². The van der Waals surface area contributed by atoms with Gasteiger partial charge in [0.1, 0.15) is 12.2 Å². The number of halogens is 1. The largest absolute Gasteiger partial charge is 0.312 e. The number of imide groups is 2. The Hall–Kier alpha value is -2.65. The minimum absolute atomic E-state index is 0.00527. The summed E-state index contributed by atoms with van der Waals surface area (Å²) in [7, 11) is 0. The maximum Gasteiger partial charge on any atom is 0.262 e. The highest BCUT2D eigenvalue weighted by molar-refractivity contribution is 6.23. The third-order valence-corrected chi connectivity index (χ3v) is 5.40. The summed E-state index contributed by atoms with van der Waals surface area (Å²) in [5, 5.41) is 8.45. The molecule has 9 heteroatoms. The van der Waals surface area contributed by atoms with Crippen LogP contribution in [0.15, 0.2) is 18.2 Å². The van der Waals surface area contributed by atoms with Crippen LogP contribution in [0, 0.1) is 0 Å². The molecule has 3 heterocycles. The van der Waals surface area contributed by atoms with Gasteiger partial charge < -0.3 is 10.6 Å². The molecule has 3 aliphatic rings. The van der Waals surface area contributed by atoms with E-state index in [1.165, 1.54) is 0 Å². The molecule has 0 bridgehead atoms. The highest BCUT2D eigenvalue weighted by Gasteiger charge is 2.44. The second-order valence-electron chi connectivity index (χ2n) is 7.40. The zero-order valence-corrected chi connectivity index (χ0v) is 15.2. The van der Waals surface area contributed by atoms with Gasteiger partial charge in [-0.25, -0.2) is 4.39 Å². The Morgan fingerprint density at radius 1 is 1.11 bits per heavy atom. The lowest BCUT2D eigenvalue weighted by Gasteiger charge is -2.27. The predicted octanol–water partition coefficient (Wildman–Crippen LogP) is -0.123. The fourth-order valence-electron chi connectivity index (χ4n) is 3.94. The van der Waals surface area contributed by atoms with E-state index in [4.69, 9.17) is 0 Å². The summed E-state index contributed by atoms with van der Waals surface area (Å²) in [6.07, 6.45) is -0.237. The molecule has 0 radical (unpaired) electrons. The van der Waals surface area contributed by atoms with E-state index in [-0.39, 0.29) is 30.0 Å². The molecule has 3 atom stereocenters. The van der Waals surface area contributed by atoms with Gasteiger partial charge in [-0.2, -0.15) is 0 Å². The SMILES string of the molecule is O=C1CCC(N2C(=O)c3ccc(CN[C@@H]4CNC[C@H](F)C4)cc3C2=O)C(=O)N1. The highest BCUT2D eigenvalue weighted by atomic mass is 19.1. The van der Waals surface area contributed by atoms with Crippen LogP contribution in [0.5, 0.6) is 0 Å². The Balaban J connectivity index is 1.48. The number of carbonyl (C=O) groups is 4. The van der Waals surface area contributed by atoms with Crippen molar-refractivity contribution in [1.29, 1.82) is 0 Å². The minimum Gasteiger partial charge on any atom is -0.312 e.